The number of fused-ring (bicyclic) bond motifs is 2. The Bertz CT molecular complexity index is 1260. The van der Waals surface area contributed by atoms with Crippen molar-refractivity contribution < 1.29 is 18.7 Å². The minimum absolute atomic E-state index is 0.137. The smallest absolute Gasteiger partial charge is 0.290 e. The van der Waals surface area contributed by atoms with E-state index in [-0.39, 0.29) is 17.1 Å². The molecule has 0 saturated carbocycles. The molecule has 5 rings (SSSR count). The molecular weight excluding hydrogens is 432 g/mol. The number of morpholine rings is 1. The number of hydrogen-bond acceptors (Lipinski definition) is 6. The second-order valence-electron chi connectivity index (χ2n) is 8.55. The quantitative estimate of drug-likeness (QED) is 0.478. The number of benzene rings is 2. The number of carbonyl (C=O) groups excluding carboxylic acids is 1. The summed E-state index contributed by atoms with van der Waals surface area (Å²) in [6.45, 7) is 8.71. The fourth-order valence-corrected chi connectivity index (χ4v) is 4.76. The standard InChI is InChI=1S/C27H28N2O5/c1-2-15-33-20-8-5-7-19(18-20)24-23-25(30)21-9-3-4-10-22(21)34-26(23)27(31)29(24)12-6-11-28-13-16-32-17-14-28/h2-5,7-10,18,24H,1,6,11-17H2/t24-/m0/s1. The molecule has 2 aliphatic heterocycles. The summed E-state index contributed by atoms with van der Waals surface area (Å²) in [6, 6.07) is 14.1. The van der Waals surface area contributed by atoms with Crippen LogP contribution in [0.4, 0.5) is 0 Å². The molecule has 1 atom stereocenters. The Morgan fingerprint density at radius 2 is 1.88 bits per heavy atom. The van der Waals surface area contributed by atoms with E-state index in [1.54, 1.807) is 35.2 Å². The average molecular weight is 461 g/mol. The van der Waals surface area contributed by atoms with Crippen LogP contribution in [0.1, 0.15) is 34.1 Å². The molecular formula is C27H28N2O5. The highest BCUT2D eigenvalue weighted by atomic mass is 16.5. The molecule has 1 saturated heterocycles. The Morgan fingerprint density at radius 1 is 1.06 bits per heavy atom. The molecule has 2 aromatic carbocycles. The van der Waals surface area contributed by atoms with E-state index in [1.165, 1.54) is 0 Å². The van der Waals surface area contributed by atoms with Crippen LogP contribution in [0.15, 0.2) is 70.4 Å². The van der Waals surface area contributed by atoms with Crippen LogP contribution in [0.5, 0.6) is 5.75 Å². The van der Waals surface area contributed by atoms with Crippen LogP contribution in [-0.4, -0.2) is 61.7 Å². The van der Waals surface area contributed by atoms with E-state index in [0.29, 0.717) is 35.4 Å². The summed E-state index contributed by atoms with van der Waals surface area (Å²) in [5.74, 6) is 0.552. The van der Waals surface area contributed by atoms with Crippen molar-refractivity contribution in [2.75, 3.05) is 46.0 Å². The minimum atomic E-state index is -0.527. The lowest BCUT2D eigenvalue weighted by molar-refractivity contribution is 0.0353. The first kappa shape index (κ1) is 22.4. The fourth-order valence-electron chi connectivity index (χ4n) is 4.76. The van der Waals surface area contributed by atoms with E-state index >= 15 is 0 Å². The minimum Gasteiger partial charge on any atom is -0.490 e. The van der Waals surface area contributed by atoms with Gasteiger partial charge in [0, 0.05) is 26.2 Å². The molecule has 0 radical (unpaired) electrons. The van der Waals surface area contributed by atoms with Gasteiger partial charge >= 0.3 is 0 Å². The summed E-state index contributed by atoms with van der Waals surface area (Å²) in [4.78, 5) is 31.2. The molecule has 0 spiro atoms. The van der Waals surface area contributed by atoms with Crippen LogP contribution in [0.25, 0.3) is 11.0 Å². The number of rotatable bonds is 8. The van der Waals surface area contributed by atoms with Gasteiger partial charge in [0.25, 0.3) is 5.91 Å². The van der Waals surface area contributed by atoms with E-state index in [1.807, 2.05) is 24.3 Å². The number of amides is 1. The van der Waals surface area contributed by atoms with Crippen molar-refractivity contribution in [3.8, 4) is 5.75 Å². The SMILES string of the molecule is C=CCOc1cccc([C@H]2c3c(oc4ccccc4c3=O)C(=O)N2CCCN2CCOCC2)c1. The molecule has 1 amide bonds. The molecule has 7 nitrogen and oxygen atoms in total. The lowest BCUT2D eigenvalue weighted by atomic mass is 9.98. The van der Waals surface area contributed by atoms with Crippen molar-refractivity contribution in [2.24, 2.45) is 0 Å². The van der Waals surface area contributed by atoms with E-state index in [0.717, 1.165) is 44.8 Å². The van der Waals surface area contributed by atoms with Gasteiger partial charge in [0.15, 0.2) is 5.43 Å². The molecule has 1 aromatic heterocycles. The fraction of sp³-hybridized carbons (Fsp3) is 0.333. The third-order valence-electron chi connectivity index (χ3n) is 6.39. The van der Waals surface area contributed by atoms with Gasteiger partial charge in [-0.1, -0.05) is 36.9 Å². The van der Waals surface area contributed by atoms with Gasteiger partial charge in [0.05, 0.1) is 30.2 Å². The summed E-state index contributed by atoms with van der Waals surface area (Å²) < 4.78 is 17.2. The zero-order valence-electron chi connectivity index (χ0n) is 19.1. The first-order valence-corrected chi connectivity index (χ1v) is 11.7. The molecule has 2 aliphatic rings. The van der Waals surface area contributed by atoms with Gasteiger partial charge in [0.1, 0.15) is 17.9 Å². The molecule has 7 heteroatoms. The van der Waals surface area contributed by atoms with Crippen LogP contribution in [0.3, 0.4) is 0 Å². The van der Waals surface area contributed by atoms with Gasteiger partial charge in [-0.2, -0.15) is 0 Å². The van der Waals surface area contributed by atoms with Crippen LogP contribution in [-0.2, 0) is 4.74 Å². The zero-order valence-corrected chi connectivity index (χ0v) is 19.1. The van der Waals surface area contributed by atoms with E-state index in [4.69, 9.17) is 13.9 Å². The Hall–Kier alpha value is -3.42. The second-order valence-corrected chi connectivity index (χ2v) is 8.55. The van der Waals surface area contributed by atoms with Crippen LogP contribution < -0.4 is 10.2 Å². The van der Waals surface area contributed by atoms with Crippen molar-refractivity contribution in [1.82, 2.24) is 9.80 Å². The Labute approximate surface area is 198 Å². The third-order valence-corrected chi connectivity index (χ3v) is 6.39. The van der Waals surface area contributed by atoms with Gasteiger partial charge in [-0.05, 0) is 36.2 Å². The van der Waals surface area contributed by atoms with Crippen molar-refractivity contribution >= 4 is 16.9 Å². The molecule has 34 heavy (non-hydrogen) atoms. The average Bonchev–Trinajstić information content (AvgIpc) is 3.15. The summed E-state index contributed by atoms with van der Waals surface area (Å²) >= 11 is 0. The van der Waals surface area contributed by atoms with Crippen molar-refractivity contribution in [3.63, 3.8) is 0 Å². The van der Waals surface area contributed by atoms with Crippen LogP contribution in [0, 0.1) is 0 Å². The highest BCUT2D eigenvalue weighted by molar-refractivity contribution is 5.99. The second kappa shape index (κ2) is 9.83. The van der Waals surface area contributed by atoms with Gasteiger partial charge in [-0.15, -0.1) is 0 Å². The van der Waals surface area contributed by atoms with E-state index < -0.39 is 6.04 Å². The van der Waals surface area contributed by atoms with E-state index in [9.17, 15) is 9.59 Å². The first-order valence-electron chi connectivity index (χ1n) is 11.7. The monoisotopic (exact) mass is 460 g/mol. The number of ether oxygens (including phenoxy) is 2. The summed E-state index contributed by atoms with van der Waals surface area (Å²) in [7, 11) is 0. The highest BCUT2D eigenvalue weighted by Crippen LogP contribution is 2.39. The molecule has 3 aromatic rings. The van der Waals surface area contributed by atoms with Gasteiger partial charge in [0.2, 0.25) is 5.76 Å². The topological polar surface area (TPSA) is 72.2 Å². The van der Waals surface area contributed by atoms with Crippen molar-refractivity contribution in [1.29, 1.82) is 0 Å². The summed E-state index contributed by atoms with van der Waals surface area (Å²) in [5.41, 5.74) is 1.48. The maximum atomic E-state index is 13.6. The van der Waals surface area contributed by atoms with Gasteiger partial charge in [-0.25, -0.2) is 0 Å². The first-order chi connectivity index (χ1) is 16.7. The molecule has 0 unspecified atom stereocenters. The molecule has 1 fully saturated rings. The number of para-hydroxylation sites is 1. The van der Waals surface area contributed by atoms with Gasteiger partial charge in [-0.3, -0.25) is 14.5 Å². The third kappa shape index (κ3) is 4.24. The zero-order chi connectivity index (χ0) is 23.5. The summed E-state index contributed by atoms with van der Waals surface area (Å²) in [6.07, 6.45) is 2.47. The number of carbonyl (C=O) groups is 1. The van der Waals surface area contributed by atoms with Crippen molar-refractivity contribution in [3.05, 3.63) is 88.3 Å². The molecule has 0 N–H and O–H groups in total. The molecule has 176 valence electrons. The maximum Gasteiger partial charge on any atom is 0.290 e. The highest BCUT2D eigenvalue weighted by Gasteiger charge is 2.42. The summed E-state index contributed by atoms with van der Waals surface area (Å²) in [5, 5.41) is 0.480. The Kier molecular flexibility index (Phi) is 6.47. The molecule has 3 heterocycles. The maximum absolute atomic E-state index is 13.6. The van der Waals surface area contributed by atoms with E-state index in [2.05, 4.69) is 11.5 Å². The lowest BCUT2D eigenvalue weighted by Crippen LogP contribution is -2.38. The Balaban J connectivity index is 1.52. The Morgan fingerprint density at radius 3 is 2.71 bits per heavy atom. The largest absolute Gasteiger partial charge is 0.490 e. The number of hydrogen-bond donors (Lipinski definition) is 0. The predicted octanol–water partition coefficient (Wildman–Crippen LogP) is 3.63. The molecule has 0 bridgehead atoms. The van der Waals surface area contributed by atoms with Gasteiger partial charge < -0.3 is 18.8 Å². The van der Waals surface area contributed by atoms with Crippen LogP contribution in [0.2, 0.25) is 0 Å². The number of nitrogens with zero attached hydrogens (tertiary/aromatic N) is 2. The predicted molar refractivity (Wildman–Crippen MR) is 129 cm³/mol. The van der Waals surface area contributed by atoms with Crippen molar-refractivity contribution in [2.45, 2.75) is 12.5 Å². The molecule has 0 aliphatic carbocycles. The lowest BCUT2D eigenvalue weighted by Gasteiger charge is -2.29. The van der Waals surface area contributed by atoms with Crippen LogP contribution >= 0.6 is 0 Å². The normalized spacial score (nSPS) is 18.3.